The highest BCUT2D eigenvalue weighted by Crippen LogP contribution is 2.67. The lowest BCUT2D eigenvalue weighted by Crippen LogP contribution is -2.58. The molecule has 2 aliphatic heterocycles. The number of esters is 4. The maximum Gasteiger partial charge on any atom is 0.317 e. The molecule has 7 nitrogen and oxygen atoms in total. The Morgan fingerprint density at radius 3 is 2.16 bits per heavy atom. The average molecular weight is 621 g/mol. The van der Waals surface area contributed by atoms with Gasteiger partial charge in [0.05, 0.1) is 30.3 Å². The molecule has 8 aliphatic carbocycles. The van der Waals surface area contributed by atoms with Crippen molar-refractivity contribution >= 4 is 23.9 Å². The van der Waals surface area contributed by atoms with E-state index in [1.807, 2.05) is 6.92 Å². The molecule has 0 radical (unpaired) electrons. The van der Waals surface area contributed by atoms with Crippen molar-refractivity contribution in [2.75, 3.05) is 6.61 Å². The summed E-state index contributed by atoms with van der Waals surface area (Å²) >= 11 is 0. The van der Waals surface area contributed by atoms with Crippen molar-refractivity contribution in [1.29, 1.82) is 0 Å². The first-order valence-electron chi connectivity index (χ1n) is 18.6. The van der Waals surface area contributed by atoms with Gasteiger partial charge >= 0.3 is 23.9 Å². The molecule has 8 bridgehead atoms. The Labute approximate surface area is 267 Å². The van der Waals surface area contributed by atoms with E-state index in [4.69, 9.17) is 14.2 Å². The minimum atomic E-state index is -0.544. The lowest BCUT2D eigenvalue weighted by Gasteiger charge is -2.61. The molecule has 0 N–H and O–H groups in total. The maximum absolute atomic E-state index is 15.0. The summed E-state index contributed by atoms with van der Waals surface area (Å²) in [5, 5.41) is 0. The summed E-state index contributed by atoms with van der Waals surface area (Å²) in [6.07, 6.45) is 12.6. The Bertz CT molecular complexity index is 1280. The van der Waals surface area contributed by atoms with E-state index in [1.165, 1.54) is 38.5 Å². The van der Waals surface area contributed by atoms with Crippen LogP contribution in [-0.2, 0) is 33.4 Å². The summed E-state index contributed by atoms with van der Waals surface area (Å²) < 4.78 is 17.7. The second kappa shape index (κ2) is 9.81. The molecule has 10 rings (SSSR count). The number of fused-ring (bicyclic) bond motifs is 7. The SMILES string of the molecule is CC1C(=O)OC(=O)C1C1C2CCC(C2)C1C(CC1C(C)C2CC1C1COC(=O)C21)C(=O)OC(C)(C)C12CC3CC(CC(C3)C1)C2. The Morgan fingerprint density at radius 1 is 0.844 bits per heavy atom. The third-order valence-electron chi connectivity index (χ3n) is 16.4. The van der Waals surface area contributed by atoms with Crippen LogP contribution in [0.2, 0.25) is 0 Å². The summed E-state index contributed by atoms with van der Waals surface area (Å²) in [4.78, 5) is 53.5. The summed E-state index contributed by atoms with van der Waals surface area (Å²) in [6, 6.07) is 0. The van der Waals surface area contributed by atoms with E-state index in [9.17, 15) is 19.2 Å². The van der Waals surface area contributed by atoms with Gasteiger partial charge in [0.25, 0.3) is 0 Å². The first-order chi connectivity index (χ1) is 21.4. The molecule has 0 aromatic heterocycles. The Balaban J connectivity index is 1.05. The van der Waals surface area contributed by atoms with Crippen molar-refractivity contribution in [2.45, 2.75) is 104 Å². The van der Waals surface area contributed by atoms with Crippen LogP contribution >= 0.6 is 0 Å². The van der Waals surface area contributed by atoms with Gasteiger partial charge in [-0.3, -0.25) is 19.2 Å². The predicted molar refractivity (Wildman–Crippen MR) is 163 cm³/mol. The first-order valence-corrected chi connectivity index (χ1v) is 18.6. The van der Waals surface area contributed by atoms with Gasteiger partial charge in [0, 0.05) is 11.3 Å². The number of carbonyl (C=O) groups is 4. The van der Waals surface area contributed by atoms with Crippen LogP contribution in [0.15, 0.2) is 0 Å². The fraction of sp³-hybridized carbons (Fsp3) is 0.895. The lowest BCUT2D eigenvalue weighted by atomic mass is 9.46. The highest BCUT2D eigenvalue weighted by molar-refractivity contribution is 5.96. The summed E-state index contributed by atoms with van der Waals surface area (Å²) in [5.74, 6) is 2.63. The van der Waals surface area contributed by atoms with E-state index >= 15 is 0 Å². The van der Waals surface area contributed by atoms with E-state index in [2.05, 4.69) is 20.8 Å². The molecular formula is C38H52O7. The van der Waals surface area contributed by atoms with E-state index in [0.29, 0.717) is 42.1 Å². The van der Waals surface area contributed by atoms with Gasteiger partial charge in [0.2, 0.25) is 0 Å². The van der Waals surface area contributed by atoms with Crippen LogP contribution in [-0.4, -0.2) is 36.1 Å². The van der Waals surface area contributed by atoms with Crippen LogP contribution in [0, 0.1) is 100 Å². The Morgan fingerprint density at radius 2 is 1.51 bits per heavy atom. The van der Waals surface area contributed by atoms with Gasteiger partial charge < -0.3 is 14.2 Å². The molecule has 13 unspecified atom stereocenters. The molecule has 0 aromatic rings. The maximum atomic E-state index is 15.0. The molecular weight excluding hydrogens is 568 g/mol. The van der Waals surface area contributed by atoms with Crippen LogP contribution in [0.25, 0.3) is 0 Å². The monoisotopic (exact) mass is 620 g/mol. The van der Waals surface area contributed by atoms with Gasteiger partial charge in [-0.15, -0.1) is 0 Å². The zero-order valence-electron chi connectivity index (χ0n) is 27.6. The van der Waals surface area contributed by atoms with Gasteiger partial charge in [0.15, 0.2) is 0 Å². The van der Waals surface area contributed by atoms with Gasteiger partial charge in [-0.25, -0.2) is 0 Å². The van der Waals surface area contributed by atoms with Crippen molar-refractivity contribution in [3.63, 3.8) is 0 Å². The minimum Gasteiger partial charge on any atom is -0.465 e. The fourth-order valence-electron chi connectivity index (χ4n) is 14.8. The fourth-order valence-corrected chi connectivity index (χ4v) is 14.8. The summed E-state index contributed by atoms with van der Waals surface area (Å²) in [5.41, 5.74) is -0.487. The molecule has 2 heterocycles. The third-order valence-corrected chi connectivity index (χ3v) is 16.4. The highest BCUT2D eigenvalue weighted by atomic mass is 16.6. The molecule has 10 aliphatic rings. The average Bonchev–Trinajstić information content (AvgIpc) is 3.80. The largest absolute Gasteiger partial charge is 0.465 e. The van der Waals surface area contributed by atoms with Crippen molar-refractivity contribution in [3.05, 3.63) is 0 Å². The van der Waals surface area contributed by atoms with Crippen LogP contribution in [0.3, 0.4) is 0 Å². The standard InChI is InChI=1S/C38H52O7/c1-17-24(26-12-25(17)32-28(26)16-43-35(32)41)11-27(30-22-5-6-23(10-22)31(30)29-18(2)33(39)44-36(29)42)34(40)45-37(3,4)38-13-19-7-20(14-38)9-21(8-19)15-38/h17-32H,5-16H2,1-4H3. The molecule has 8 saturated carbocycles. The number of ether oxygens (including phenoxy) is 3. The van der Waals surface area contributed by atoms with Crippen LogP contribution in [0.5, 0.6) is 0 Å². The second-order valence-electron chi connectivity index (χ2n) is 18.4. The summed E-state index contributed by atoms with van der Waals surface area (Å²) in [7, 11) is 0. The van der Waals surface area contributed by atoms with Gasteiger partial charge in [-0.05, 0) is 150 Å². The highest BCUT2D eigenvalue weighted by Gasteiger charge is 2.65. The van der Waals surface area contributed by atoms with Crippen molar-refractivity contribution in [1.82, 2.24) is 0 Å². The first kappa shape index (κ1) is 29.2. The van der Waals surface area contributed by atoms with E-state index in [-0.39, 0.29) is 52.9 Å². The normalized spacial score (nSPS) is 52.8. The molecule has 246 valence electrons. The number of rotatable bonds is 7. The topological polar surface area (TPSA) is 96.0 Å². The lowest BCUT2D eigenvalue weighted by molar-refractivity contribution is -0.206. The number of cyclic esters (lactones) is 3. The summed E-state index contributed by atoms with van der Waals surface area (Å²) in [6.45, 7) is 9.07. The van der Waals surface area contributed by atoms with Gasteiger partial charge in [0.1, 0.15) is 5.60 Å². The predicted octanol–water partition coefficient (Wildman–Crippen LogP) is 6.22. The molecule has 0 spiro atoms. The molecule has 7 heteroatoms. The molecule has 10 fully saturated rings. The third kappa shape index (κ3) is 4.06. The molecule has 0 aromatic carbocycles. The van der Waals surface area contributed by atoms with Crippen molar-refractivity contribution < 1.29 is 33.4 Å². The Kier molecular flexibility index (Phi) is 6.37. The smallest absolute Gasteiger partial charge is 0.317 e. The van der Waals surface area contributed by atoms with Crippen LogP contribution < -0.4 is 0 Å². The van der Waals surface area contributed by atoms with Gasteiger partial charge in [-0.1, -0.05) is 13.8 Å². The Hall–Kier alpha value is -1.92. The molecule has 13 atom stereocenters. The minimum absolute atomic E-state index is 0.0161. The zero-order valence-corrected chi connectivity index (χ0v) is 27.6. The van der Waals surface area contributed by atoms with E-state index < -0.39 is 23.4 Å². The van der Waals surface area contributed by atoms with E-state index in [0.717, 1.165) is 49.9 Å². The number of carbonyl (C=O) groups excluding carboxylic acids is 4. The zero-order chi connectivity index (χ0) is 31.2. The number of hydrogen-bond donors (Lipinski definition) is 0. The molecule has 0 amide bonds. The molecule has 2 saturated heterocycles. The van der Waals surface area contributed by atoms with Crippen LogP contribution in [0.4, 0.5) is 0 Å². The second-order valence-corrected chi connectivity index (χ2v) is 18.4. The van der Waals surface area contributed by atoms with Crippen LogP contribution in [0.1, 0.15) is 98.3 Å². The molecule has 45 heavy (non-hydrogen) atoms. The van der Waals surface area contributed by atoms with Gasteiger partial charge in [-0.2, -0.15) is 0 Å². The number of hydrogen-bond acceptors (Lipinski definition) is 7. The van der Waals surface area contributed by atoms with E-state index in [1.54, 1.807) is 0 Å². The quantitative estimate of drug-likeness (QED) is 0.189. The van der Waals surface area contributed by atoms with Crippen molar-refractivity contribution in [3.8, 4) is 0 Å². The van der Waals surface area contributed by atoms with Crippen molar-refractivity contribution in [2.24, 2.45) is 100 Å².